The van der Waals surface area contributed by atoms with Crippen molar-refractivity contribution in [3.63, 3.8) is 0 Å². The van der Waals surface area contributed by atoms with Gasteiger partial charge in [0.25, 0.3) is 0 Å². The normalized spacial score (nSPS) is 10.5. The first-order valence-corrected chi connectivity index (χ1v) is 10.9. The maximum absolute atomic E-state index is 8.52. The van der Waals surface area contributed by atoms with Crippen molar-refractivity contribution in [1.82, 2.24) is 0 Å². The Kier molecular flexibility index (Phi) is 9.13. The van der Waals surface area contributed by atoms with Gasteiger partial charge in [-0.1, -0.05) is 60.7 Å². The Morgan fingerprint density at radius 1 is 0.677 bits per heavy atom. The molecule has 9 heteroatoms. The van der Waals surface area contributed by atoms with Crippen LogP contribution in [0.1, 0.15) is 13.8 Å². The molecule has 2 aromatic carbocycles. The predicted molar refractivity (Wildman–Crippen MR) is 111 cm³/mol. The number of benzene rings is 2. The Morgan fingerprint density at radius 2 is 1.00 bits per heavy atom. The van der Waals surface area contributed by atoms with E-state index in [9.17, 15) is 0 Å². The molecule has 0 N–H and O–H groups in total. The molecule has 0 amide bonds. The zero-order valence-corrected chi connectivity index (χ0v) is 18.1. The Bertz CT molecular complexity index is 1050. The molecule has 0 aliphatic rings. The van der Waals surface area contributed by atoms with Gasteiger partial charge in [-0.15, -0.1) is 0 Å². The zero-order valence-electron chi connectivity index (χ0n) is 17.2. The van der Waals surface area contributed by atoms with E-state index in [0.717, 1.165) is 35.7 Å². The van der Waals surface area contributed by atoms with E-state index in [1.54, 1.807) is 0 Å². The summed E-state index contributed by atoms with van der Waals surface area (Å²) >= 11 is 0. The van der Waals surface area contributed by atoms with Crippen LogP contribution in [0.4, 0.5) is 0 Å². The van der Waals surface area contributed by atoms with E-state index in [2.05, 4.69) is 13.8 Å². The Hall–Kier alpha value is -3.27. The van der Waals surface area contributed by atoms with E-state index in [0.29, 0.717) is 0 Å². The second-order valence-corrected chi connectivity index (χ2v) is 6.97. The topological polar surface area (TPSA) is 114 Å². The van der Waals surface area contributed by atoms with Crippen LogP contribution in [0.5, 0.6) is 0 Å². The van der Waals surface area contributed by atoms with Crippen molar-refractivity contribution in [1.29, 1.82) is 0 Å². The van der Waals surface area contributed by atoms with Crippen LogP contribution in [0.2, 0.25) is 0 Å². The molecule has 0 atom stereocenters. The van der Waals surface area contributed by atoms with Crippen LogP contribution in [0.15, 0.2) is 94.2 Å². The van der Waals surface area contributed by atoms with Crippen molar-refractivity contribution < 1.29 is 36.0 Å². The highest BCUT2D eigenvalue weighted by molar-refractivity contribution is 7.79. The monoisotopic (exact) mass is 444 g/mol. The van der Waals surface area contributed by atoms with Gasteiger partial charge in [-0.3, -0.25) is 8.42 Å². The van der Waals surface area contributed by atoms with Gasteiger partial charge in [0.05, 0.1) is 12.1 Å². The van der Waals surface area contributed by atoms with Gasteiger partial charge in [0.2, 0.25) is 23.9 Å². The van der Waals surface area contributed by atoms with Crippen LogP contribution < -0.4 is 9.48 Å². The predicted octanol–water partition coefficient (Wildman–Crippen LogP) is 3.17. The minimum Gasteiger partial charge on any atom is -0.759 e. The number of hydrogen-bond acceptors (Lipinski definition) is 6. The maximum Gasteiger partial charge on any atom is 0.220 e. The number of aromatic nitrogens is 2. The molecule has 0 spiro atoms. The molecule has 0 fully saturated rings. The van der Waals surface area contributed by atoms with Crippen molar-refractivity contribution >= 4 is 10.4 Å². The van der Waals surface area contributed by atoms with E-state index in [4.69, 9.17) is 26.6 Å². The lowest BCUT2D eigenvalue weighted by Crippen LogP contribution is -2.27. The third kappa shape index (κ3) is 8.95. The van der Waals surface area contributed by atoms with Crippen LogP contribution in [0.3, 0.4) is 0 Å². The fraction of sp³-hybridized carbons (Fsp3) is 0.182. The SMILES string of the molecule is CC[n+]1ccc(-c2ccccc2)o1.CC[n+]1ccc(-c2ccccc2)o1.O=S(=O)([O-])[O-]. The first-order valence-electron chi connectivity index (χ1n) is 9.57. The molecule has 164 valence electrons. The van der Waals surface area contributed by atoms with Gasteiger partial charge in [-0.2, -0.15) is 0 Å². The molecule has 0 radical (unpaired) electrons. The Balaban J connectivity index is 0.000000182. The van der Waals surface area contributed by atoms with Gasteiger partial charge in [0.1, 0.15) is 0 Å². The summed E-state index contributed by atoms with van der Waals surface area (Å²) in [7, 11) is -5.17. The Morgan fingerprint density at radius 3 is 1.26 bits per heavy atom. The third-order valence-corrected chi connectivity index (χ3v) is 3.96. The van der Waals surface area contributed by atoms with Crippen molar-refractivity contribution in [2.75, 3.05) is 0 Å². The molecular formula is C22H24N2O6S. The van der Waals surface area contributed by atoms with Crippen molar-refractivity contribution in [3.8, 4) is 22.6 Å². The molecule has 0 saturated carbocycles. The molecule has 8 nitrogen and oxygen atoms in total. The highest BCUT2D eigenvalue weighted by atomic mass is 32.3. The minimum atomic E-state index is -5.17. The highest BCUT2D eigenvalue weighted by Crippen LogP contribution is 2.17. The fourth-order valence-electron chi connectivity index (χ4n) is 2.52. The van der Waals surface area contributed by atoms with E-state index in [-0.39, 0.29) is 0 Å². The van der Waals surface area contributed by atoms with E-state index >= 15 is 0 Å². The van der Waals surface area contributed by atoms with Crippen molar-refractivity contribution in [2.45, 2.75) is 26.9 Å². The minimum absolute atomic E-state index is 0.868. The van der Waals surface area contributed by atoms with Gasteiger partial charge >= 0.3 is 0 Å². The maximum atomic E-state index is 8.52. The molecule has 0 aliphatic heterocycles. The van der Waals surface area contributed by atoms with Crippen LogP contribution in [-0.2, 0) is 23.5 Å². The van der Waals surface area contributed by atoms with Gasteiger partial charge in [-0.05, 0) is 23.3 Å². The molecule has 0 saturated heterocycles. The molecule has 2 aromatic heterocycles. The lowest BCUT2D eigenvalue weighted by Gasteiger charge is -2.06. The number of aryl methyl sites for hydroxylation is 2. The quantitative estimate of drug-likeness (QED) is 0.271. The Labute approximate surface area is 181 Å². The molecule has 4 rings (SSSR count). The second kappa shape index (κ2) is 11.8. The van der Waals surface area contributed by atoms with E-state index in [1.165, 1.54) is 0 Å². The number of hydrogen-bond donors (Lipinski definition) is 0. The van der Waals surface area contributed by atoms with Crippen LogP contribution in [0, 0.1) is 0 Å². The van der Waals surface area contributed by atoms with Gasteiger partial charge in [-0.25, -0.2) is 9.05 Å². The van der Waals surface area contributed by atoms with Gasteiger partial charge < -0.3 is 9.11 Å². The summed E-state index contributed by atoms with van der Waals surface area (Å²) in [6.07, 6.45) is 3.89. The average Bonchev–Trinajstić information content (AvgIpc) is 3.44. The first-order chi connectivity index (χ1) is 14.8. The first kappa shape index (κ1) is 24.0. The molecule has 0 bridgehead atoms. The van der Waals surface area contributed by atoms with Crippen molar-refractivity contribution in [2.24, 2.45) is 0 Å². The highest BCUT2D eigenvalue weighted by Gasteiger charge is 2.08. The summed E-state index contributed by atoms with van der Waals surface area (Å²) in [4.78, 5) is 0. The summed E-state index contributed by atoms with van der Waals surface area (Å²) in [6.45, 7) is 5.84. The van der Waals surface area contributed by atoms with Crippen LogP contribution in [-0.4, -0.2) is 17.5 Å². The molecule has 4 aromatic rings. The summed E-state index contributed by atoms with van der Waals surface area (Å²) in [6, 6.07) is 24.2. The molecule has 31 heavy (non-hydrogen) atoms. The lowest BCUT2D eigenvalue weighted by molar-refractivity contribution is -0.860. The fourth-order valence-corrected chi connectivity index (χ4v) is 2.52. The largest absolute Gasteiger partial charge is 0.759 e. The zero-order chi connectivity index (χ0) is 22.7. The average molecular weight is 445 g/mol. The lowest BCUT2D eigenvalue weighted by atomic mass is 10.2. The summed E-state index contributed by atoms with van der Waals surface area (Å²) < 4.78 is 48.8. The molecular weight excluding hydrogens is 420 g/mol. The summed E-state index contributed by atoms with van der Waals surface area (Å²) in [5, 5.41) is 0. The summed E-state index contributed by atoms with van der Waals surface area (Å²) in [5.41, 5.74) is 2.24. The van der Waals surface area contributed by atoms with Gasteiger partial charge in [0, 0.05) is 21.5 Å². The standard InChI is InChI=1S/2C11H12NO.H2O4S/c2*1-2-12-9-8-11(13-12)10-6-4-3-5-7-10;1-5(2,3)4/h2*3-9H,2H2,1H3;(H2,1,2,3,4)/q2*+1;/p-2. The van der Waals surface area contributed by atoms with Crippen molar-refractivity contribution in [3.05, 3.63) is 85.2 Å². The molecule has 2 heterocycles. The molecule has 0 aliphatic carbocycles. The molecule has 0 unspecified atom stereocenters. The van der Waals surface area contributed by atoms with Crippen LogP contribution >= 0.6 is 0 Å². The number of nitrogens with zero attached hydrogens (tertiary/aromatic N) is 2. The second-order valence-electron chi connectivity index (χ2n) is 6.15. The third-order valence-electron chi connectivity index (χ3n) is 3.96. The smallest absolute Gasteiger partial charge is 0.220 e. The van der Waals surface area contributed by atoms with E-state index in [1.807, 2.05) is 94.7 Å². The number of rotatable bonds is 4. The summed E-state index contributed by atoms with van der Waals surface area (Å²) in [5.74, 6) is 1.84. The van der Waals surface area contributed by atoms with E-state index < -0.39 is 10.4 Å². The van der Waals surface area contributed by atoms with Gasteiger partial charge in [0.15, 0.2) is 13.1 Å². The van der Waals surface area contributed by atoms with Crippen LogP contribution in [0.25, 0.3) is 22.6 Å².